The molecule has 0 bridgehead atoms. The van der Waals surface area contributed by atoms with Gasteiger partial charge in [0.15, 0.2) is 11.5 Å². The van der Waals surface area contributed by atoms with Crippen molar-refractivity contribution < 1.29 is 14.3 Å². The molecule has 0 aliphatic carbocycles. The van der Waals surface area contributed by atoms with E-state index in [1.807, 2.05) is 6.07 Å². The van der Waals surface area contributed by atoms with Gasteiger partial charge in [-0.05, 0) is 36.4 Å². The van der Waals surface area contributed by atoms with E-state index in [1.54, 1.807) is 49.6 Å². The van der Waals surface area contributed by atoms with Crippen LogP contribution >= 0.6 is 15.9 Å². The number of ether oxygens (including phenoxy) is 2. The number of carbonyl (C=O) groups is 1. The van der Waals surface area contributed by atoms with Crippen molar-refractivity contribution in [2.45, 2.75) is 0 Å². The van der Waals surface area contributed by atoms with Gasteiger partial charge in [-0.15, -0.1) is 0 Å². The number of nitrogens with zero attached hydrogens (tertiary/aromatic N) is 1. The average Bonchev–Trinajstić information content (AvgIpc) is 2.63. The molecule has 0 aliphatic rings. The van der Waals surface area contributed by atoms with Crippen molar-refractivity contribution in [1.82, 2.24) is 0 Å². The number of amides is 1. The number of nitriles is 1. The molecule has 0 aromatic heterocycles. The molecule has 0 radical (unpaired) electrons. The Hall–Kier alpha value is -2.98. The summed E-state index contributed by atoms with van der Waals surface area (Å²) < 4.78 is 11.3. The second-order valence-corrected chi connectivity index (χ2v) is 5.76. The molecule has 0 saturated carbocycles. The zero-order valence-electron chi connectivity index (χ0n) is 13.7. The van der Waals surface area contributed by atoms with Gasteiger partial charge >= 0.3 is 0 Å². The zero-order chi connectivity index (χ0) is 18.2. The topological polar surface area (TPSA) is 83.4 Å². The van der Waals surface area contributed by atoms with E-state index in [2.05, 4.69) is 26.6 Å². The van der Waals surface area contributed by atoms with Crippen LogP contribution in [-0.2, 0) is 4.79 Å². The van der Waals surface area contributed by atoms with Crippen LogP contribution in [0.25, 0.3) is 0 Å². The Morgan fingerprint density at radius 3 is 2.32 bits per heavy atom. The molecule has 0 unspecified atom stereocenters. The number of rotatable bonds is 6. The maximum Gasteiger partial charge on any atom is 0.267 e. The summed E-state index contributed by atoms with van der Waals surface area (Å²) in [6.07, 6.45) is 1.34. The summed E-state index contributed by atoms with van der Waals surface area (Å²) in [6, 6.07) is 14.1. The lowest BCUT2D eigenvalue weighted by Crippen LogP contribution is -2.14. The number of hydrogen-bond acceptors (Lipinski definition) is 5. The average molecular weight is 402 g/mol. The van der Waals surface area contributed by atoms with Gasteiger partial charge in [-0.2, -0.15) is 5.26 Å². The molecule has 0 heterocycles. The zero-order valence-corrected chi connectivity index (χ0v) is 15.3. The maximum atomic E-state index is 12.2. The smallest absolute Gasteiger partial charge is 0.267 e. The molecule has 1 amide bonds. The SMILES string of the molecule is COc1ccc(N/C=C(/C#N)C(=O)Nc2ccc(Br)cc2)cc1OC. The number of methoxy groups -OCH3 is 2. The first-order chi connectivity index (χ1) is 12.1. The molecule has 0 atom stereocenters. The maximum absolute atomic E-state index is 12.2. The van der Waals surface area contributed by atoms with Gasteiger partial charge in [0.25, 0.3) is 5.91 Å². The second kappa shape index (κ2) is 8.76. The highest BCUT2D eigenvalue weighted by molar-refractivity contribution is 9.10. The minimum absolute atomic E-state index is 0.0577. The minimum atomic E-state index is -0.502. The molecule has 25 heavy (non-hydrogen) atoms. The van der Waals surface area contributed by atoms with Crippen LogP contribution in [0.5, 0.6) is 11.5 Å². The highest BCUT2D eigenvalue weighted by Gasteiger charge is 2.10. The predicted octanol–water partition coefficient (Wildman–Crippen LogP) is 3.92. The molecule has 2 aromatic carbocycles. The molecule has 2 N–H and O–H groups in total. The number of hydrogen-bond donors (Lipinski definition) is 2. The lowest BCUT2D eigenvalue weighted by Gasteiger charge is -2.09. The fourth-order valence-corrected chi connectivity index (χ4v) is 2.23. The number of nitrogens with one attached hydrogen (secondary N) is 2. The van der Waals surface area contributed by atoms with Crippen molar-refractivity contribution >= 4 is 33.2 Å². The van der Waals surface area contributed by atoms with E-state index in [0.717, 1.165) is 4.47 Å². The van der Waals surface area contributed by atoms with Crippen LogP contribution in [0.1, 0.15) is 0 Å². The van der Waals surface area contributed by atoms with E-state index >= 15 is 0 Å². The van der Waals surface area contributed by atoms with Crippen LogP contribution in [0.15, 0.2) is 58.7 Å². The van der Waals surface area contributed by atoms with Gasteiger partial charge in [0.2, 0.25) is 0 Å². The summed E-state index contributed by atoms with van der Waals surface area (Å²) in [5.74, 6) is 0.627. The summed E-state index contributed by atoms with van der Waals surface area (Å²) in [7, 11) is 3.08. The number of benzene rings is 2. The molecular formula is C18H16BrN3O3. The number of halogens is 1. The fourth-order valence-electron chi connectivity index (χ4n) is 1.96. The van der Waals surface area contributed by atoms with Crippen LogP contribution < -0.4 is 20.1 Å². The van der Waals surface area contributed by atoms with Gasteiger partial charge in [0, 0.05) is 28.1 Å². The van der Waals surface area contributed by atoms with Crippen molar-refractivity contribution in [3.8, 4) is 17.6 Å². The monoisotopic (exact) mass is 401 g/mol. The predicted molar refractivity (Wildman–Crippen MR) is 99.6 cm³/mol. The van der Waals surface area contributed by atoms with Gasteiger partial charge < -0.3 is 20.1 Å². The van der Waals surface area contributed by atoms with E-state index in [1.165, 1.54) is 13.3 Å². The molecule has 0 aliphatic heterocycles. The normalized spacial score (nSPS) is 10.6. The molecule has 2 aromatic rings. The third kappa shape index (κ3) is 4.99. The second-order valence-electron chi connectivity index (χ2n) is 4.84. The van der Waals surface area contributed by atoms with Crippen molar-refractivity contribution in [1.29, 1.82) is 5.26 Å². The van der Waals surface area contributed by atoms with Crippen LogP contribution in [0.4, 0.5) is 11.4 Å². The largest absolute Gasteiger partial charge is 0.493 e. The van der Waals surface area contributed by atoms with Crippen LogP contribution in [0.2, 0.25) is 0 Å². The van der Waals surface area contributed by atoms with Gasteiger partial charge in [0.1, 0.15) is 11.6 Å². The van der Waals surface area contributed by atoms with E-state index < -0.39 is 5.91 Å². The third-order valence-corrected chi connectivity index (χ3v) is 3.76. The van der Waals surface area contributed by atoms with E-state index in [-0.39, 0.29) is 5.57 Å². The Morgan fingerprint density at radius 1 is 1.08 bits per heavy atom. The Morgan fingerprint density at radius 2 is 1.72 bits per heavy atom. The van der Waals surface area contributed by atoms with Gasteiger partial charge in [-0.1, -0.05) is 15.9 Å². The Kier molecular flexibility index (Phi) is 6.43. The first-order valence-corrected chi connectivity index (χ1v) is 8.02. The molecule has 0 saturated heterocycles. The van der Waals surface area contributed by atoms with Gasteiger partial charge in [-0.3, -0.25) is 4.79 Å². The molecule has 7 heteroatoms. The lowest BCUT2D eigenvalue weighted by atomic mass is 10.2. The molecule has 2 rings (SSSR count). The fraction of sp³-hybridized carbons (Fsp3) is 0.111. The van der Waals surface area contributed by atoms with E-state index in [9.17, 15) is 10.1 Å². The first kappa shape index (κ1) is 18.4. The molecule has 128 valence electrons. The Bertz CT molecular complexity index is 826. The van der Waals surface area contributed by atoms with Crippen molar-refractivity contribution in [3.63, 3.8) is 0 Å². The van der Waals surface area contributed by atoms with Gasteiger partial charge in [0.05, 0.1) is 14.2 Å². The summed E-state index contributed by atoms with van der Waals surface area (Å²) in [4.78, 5) is 12.2. The first-order valence-electron chi connectivity index (χ1n) is 7.23. The molecule has 0 fully saturated rings. The standard InChI is InChI=1S/C18H16BrN3O3/c1-24-16-8-7-15(9-17(16)25-2)21-11-12(10-20)18(23)22-14-5-3-13(19)4-6-14/h3-9,11,21H,1-2H3,(H,22,23)/b12-11-. The third-order valence-electron chi connectivity index (χ3n) is 3.23. The Labute approximate surface area is 154 Å². The highest BCUT2D eigenvalue weighted by Crippen LogP contribution is 2.29. The van der Waals surface area contributed by atoms with Crippen molar-refractivity contribution in [2.24, 2.45) is 0 Å². The molecule has 0 spiro atoms. The summed E-state index contributed by atoms with van der Waals surface area (Å²) in [5.41, 5.74) is 1.19. The number of carbonyl (C=O) groups excluding carboxylic acids is 1. The minimum Gasteiger partial charge on any atom is -0.493 e. The van der Waals surface area contributed by atoms with Crippen LogP contribution in [-0.4, -0.2) is 20.1 Å². The van der Waals surface area contributed by atoms with E-state index in [4.69, 9.17) is 9.47 Å². The van der Waals surface area contributed by atoms with Crippen molar-refractivity contribution in [2.75, 3.05) is 24.9 Å². The summed E-state index contributed by atoms with van der Waals surface area (Å²) in [6.45, 7) is 0. The summed E-state index contributed by atoms with van der Waals surface area (Å²) >= 11 is 3.32. The lowest BCUT2D eigenvalue weighted by molar-refractivity contribution is -0.112. The van der Waals surface area contributed by atoms with E-state index in [0.29, 0.717) is 22.9 Å². The highest BCUT2D eigenvalue weighted by atomic mass is 79.9. The van der Waals surface area contributed by atoms with Crippen LogP contribution in [0, 0.1) is 11.3 Å². The summed E-state index contributed by atoms with van der Waals surface area (Å²) in [5, 5.41) is 14.8. The van der Waals surface area contributed by atoms with Crippen molar-refractivity contribution in [3.05, 3.63) is 58.7 Å². The van der Waals surface area contributed by atoms with Gasteiger partial charge in [-0.25, -0.2) is 0 Å². The number of anilines is 2. The molecular weight excluding hydrogens is 386 g/mol. The Balaban J connectivity index is 2.10. The molecule has 6 nitrogen and oxygen atoms in total. The quantitative estimate of drug-likeness (QED) is 0.565. The van der Waals surface area contributed by atoms with Crippen LogP contribution in [0.3, 0.4) is 0 Å².